The SMILES string of the molecule is CC(C)(C)C.CC1(C)CCC(C)(F)CC1.CC1(F)CCCCC1. The van der Waals surface area contributed by atoms with E-state index in [9.17, 15) is 8.78 Å². The molecule has 0 spiro atoms. The third kappa shape index (κ3) is 15.1. The standard InChI is InChI=1S/C9H17F.C7H13F.C5H12/c1-8(2)4-6-9(3,10)7-5-8;1-7(8)5-3-2-4-6-7;1-5(2,3)4/h4-7H2,1-3H3;2-6H2,1H3;1-4H3. The second-order valence-corrected chi connectivity index (χ2v) is 10.6. The number of hydrogen-bond donors (Lipinski definition) is 0. The van der Waals surface area contributed by atoms with Crippen molar-refractivity contribution in [3.63, 3.8) is 0 Å². The molecule has 23 heavy (non-hydrogen) atoms. The summed E-state index contributed by atoms with van der Waals surface area (Å²) in [4.78, 5) is 0. The maximum Gasteiger partial charge on any atom is 0.108 e. The Morgan fingerprint density at radius 3 is 1.09 bits per heavy atom. The monoisotopic (exact) mass is 332 g/mol. The zero-order chi connectivity index (χ0) is 18.4. The van der Waals surface area contributed by atoms with Gasteiger partial charge in [-0.15, -0.1) is 0 Å². The Balaban J connectivity index is 0.000000335. The summed E-state index contributed by atoms with van der Waals surface area (Å²) in [5, 5.41) is 0. The summed E-state index contributed by atoms with van der Waals surface area (Å²) < 4.78 is 26.1. The molecule has 2 fully saturated rings. The Kier molecular flexibility index (Phi) is 8.76. The highest BCUT2D eigenvalue weighted by molar-refractivity contribution is 4.85. The van der Waals surface area contributed by atoms with Crippen LogP contribution in [-0.4, -0.2) is 11.3 Å². The summed E-state index contributed by atoms with van der Waals surface area (Å²) in [7, 11) is 0. The highest BCUT2D eigenvalue weighted by atomic mass is 19.1. The van der Waals surface area contributed by atoms with Gasteiger partial charge in [0.2, 0.25) is 0 Å². The molecule has 0 unspecified atom stereocenters. The smallest absolute Gasteiger partial charge is 0.108 e. The lowest BCUT2D eigenvalue weighted by molar-refractivity contribution is 0.0708. The van der Waals surface area contributed by atoms with Gasteiger partial charge in [0, 0.05) is 0 Å². The minimum absolute atomic E-state index is 0.394. The van der Waals surface area contributed by atoms with Gasteiger partial charge in [0.05, 0.1) is 0 Å². The van der Waals surface area contributed by atoms with Gasteiger partial charge in [0.15, 0.2) is 0 Å². The number of hydrogen-bond acceptors (Lipinski definition) is 0. The van der Waals surface area contributed by atoms with E-state index in [2.05, 4.69) is 41.5 Å². The van der Waals surface area contributed by atoms with Crippen LogP contribution in [0.3, 0.4) is 0 Å². The fourth-order valence-electron chi connectivity index (χ4n) is 2.74. The first-order valence-electron chi connectivity index (χ1n) is 9.50. The molecule has 0 aromatic heterocycles. The van der Waals surface area contributed by atoms with Crippen molar-refractivity contribution in [1.29, 1.82) is 0 Å². The maximum absolute atomic E-state index is 13.2. The topological polar surface area (TPSA) is 0 Å². The van der Waals surface area contributed by atoms with Crippen LogP contribution in [0.1, 0.15) is 113 Å². The highest BCUT2D eigenvalue weighted by Gasteiger charge is 2.34. The van der Waals surface area contributed by atoms with Gasteiger partial charge in [0.1, 0.15) is 11.3 Å². The van der Waals surface area contributed by atoms with Gasteiger partial charge in [-0.05, 0) is 63.2 Å². The molecule has 0 saturated heterocycles. The molecular formula is C21H42F2. The molecule has 0 amide bonds. The third-order valence-electron chi connectivity index (χ3n) is 4.54. The Bertz CT molecular complexity index is 279. The van der Waals surface area contributed by atoms with Crippen LogP contribution >= 0.6 is 0 Å². The van der Waals surface area contributed by atoms with Crippen LogP contribution in [0, 0.1) is 10.8 Å². The predicted molar refractivity (Wildman–Crippen MR) is 99.5 cm³/mol. The lowest BCUT2D eigenvalue weighted by Gasteiger charge is -2.36. The highest BCUT2D eigenvalue weighted by Crippen LogP contribution is 2.41. The molecule has 2 aliphatic rings. The molecule has 2 rings (SSSR count). The molecule has 0 aromatic rings. The van der Waals surface area contributed by atoms with Crippen LogP contribution < -0.4 is 0 Å². The van der Waals surface area contributed by atoms with E-state index in [-0.39, 0.29) is 0 Å². The van der Waals surface area contributed by atoms with Crippen molar-refractivity contribution in [2.75, 3.05) is 0 Å². The first-order valence-corrected chi connectivity index (χ1v) is 9.50. The van der Waals surface area contributed by atoms with Crippen LogP contribution in [0.4, 0.5) is 8.78 Å². The number of halogens is 2. The van der Waals surface area contributed by atoms with Crippen molar-refractivity contribution < 1.29 is 8.78 Å². The summed E-state index contributed by atoms with van der Waals surface area (Å²) in [6.45, 7) is 16.6. The lowest BCUT2D eigenvalue weighted by Crippen LogP contribution is -2.30. The first kappa shape index (κ1) is 22.9. The van der Waals surface area contributed by atoms with E-state index in [0.717, 1.165) is 51.4 Å². The van der Waals surface area contributed by atoms with Gasteiger partial charge in [-0.25, -0.2) is 8.78 Å². The number of rotatable bonds is 0. The molecule has 2 heteroatoms. The van der Waals surface area contributed by atoms with E-state index in [4.69, 9.17) is 0 Å². The summed E-state index contributed by atoms with van der Waals surface area (Å²) in [5.74, 6) is 0. The Morgan fingerprint density at radius 1 is 0.565 bits per heavy atom. The van der Waals surface area contributed by atoms with E-state index in [1.165, 1.54) is 6.42 Å². The minimum atomic E-state index is -0.866. The van der Waals surface area contributed by atoms with Crippen molar-refractivity contribution >= 4 is 0 Å². The Hall–Kier alpha value is -0.140. The summed E-state index contributed by atoms with van der Waals surface area (Å²) >= 11 is 0. The van der Waals surface area contributed by atoms with Crippen molar-refractivity contribution in [1.82, 2.24) is 0 Å². The first-order chi connectivity index (χ1) is 10.1. The van der Waals surface area contributed by atoms with Gasteiger partial charge in [-0.1, -0.05) is 60.8 Å². The quantitative estimate of drug-likeness (QED) is 0.421. The van der Waals surface area contributed by atoms with Crippen molar-refractivity contribution in [3.05, 3.63) is 0 Å². The van der Waals surface area contributed by atoms with E-state index < -0.39 is 11.3 Å². The van der Waals surface area contributed by atoms with Gasteiger partial charge in [-0.2, -0.15) is 0 Å². The number of alkyl halides is 2. The average molecular weight is 333 g/mol. The van der Waals surface area contributed by atoms with Gasteiger partial charge in [0.25, 0.3) is 0 Å². The molecule has 0 nitrogen and oxygen atoms in total. The zero-order valence-corrected chi connectivity index (χ0v) is 17.1. The average Bonchev–Trinajstić information content (AvgIpc) is 2.32. The molecule has 0 bridgehead atoms. The fourth-order valence-corrected chi connectivity index (χ4v) is 2.74. The molecule has 2 saturated carbocycles. The molecule has 2 aliphatic carbocycles. The van der Waals surface area contributed by atoms with Gasteiger partial charge >= 0.3 is 0 Å². The zero-order valence-electron chi connectivity index (χ0n) is 17.1. The van der Waals surface area contributed by atoms with Gasteiger partial charge < -0.3 is 0 Å². The summed E-state index contributed by atoms with van der Waals surface area (Å²) in [5.41, 5.74) is -0.792. The third-order valence-corrected chi connectivity index (χ3v) is 4.54. The van der Waals surface area contributed by atoms with Crippen LogP contribution in [0.15, 0.2) is 0 Å². The largest absolute Gasteiger partial charge is 0.244 e. The van der Waals surface area contributed by atoms with Crippen LogP contribution in [0.25, 0.3) is 0 Å². The van der Waals surface area contributed by atoms with Crippen LogP contribution in [0.2, 0.25) is 0 Å². The fraction of sp³-hybridized carbons (Fsp3) is 1.00. The predicted octanol–water partition coefficient (Wildman–Crippen LogP) is 8.05. The minimum Gasteiger partial charge on any atom is -0.244 e. The molecule has 140 valence electrons. The van der Waals surface area contributed by atoms with Crippen molar-refractivity contribution in [3.8, 4) is 0 Å². The lowest BCUT2D eigenvalue weighted by atomic mass is 9.72. The maximum atomic E-state index is 13.2. The molecule has 0 aromatic carbocycles. The molecule has 0 radical (unpaired) electrons. The van der Waals surface area contributed by atoms with E-state index in [1.807, 2.05) is 0 Å². The Morgan fingerprint density at radius 2 is 0.870 bits per heavy atom. The van der Waals surface area contributed by atoms with E-state index >= 15 is 0 Å². The molecule has 0 aliphatic heterocycles. The molecule has 0 atom stereocenters. The van der Waals surface area contributed by atoms with Crippen LogP contribution in [-0.2, 0) is 0 Å². The van der Waals surface area contributed by atoms with Crippen molar-refractivity contribution in [2.24, 2.45) is 10.8 Å². The normalized spacial score (nSPS) is 25.3. The molecule has 0 heterocycles. The Labute approximate surface area is 144 Å². The molecular weight excluding hydrogens is 290 g/mol. The molecule has 0 N–H and O–H groups in total. The van der Waals surface area contributed by atoms with E-state index in [1.54, 1.807) is 13.8 Å². The van der Waals surface area contributed by atoms with E-state index in [0.29, 0.717) is 10.8 Å². The van der Waals surface area contributed by atoms with Crippen LogP contribution in [0.5, 0.6) is 0 Å². The summed E-state index contributed by atoms with van der Waals surface area (Å²) in [6.07, 6.45) is 8.57. The van der Waals surface area contributed by atoms with Crippen molar-refractivity contribution in [2.45, 2.75) is 125 Å². The summed E-state index contributed by atoms with van der Waals surface area (Å²) in [6, 6.07) is 0. The second kappa shape index (κ2) is 8.81. The second-order valence-electron chi connectivity index (χ2n) is 10.6. The van der Waals surface area contributed by atoms with Gasteiger partial charge in [-0.3, -0.25) is 0 Å².